The molecular formula is C41H80NO7P. The minimum absolute atomic E-state index is 0.0634. The molecule has 0 saturated heterocycles. The number of phosphoric acid groups is 1. The molecule has 0 saturated carbocycles. The molecule has 1 unspecified atom stereocenters. The van der Waals surface area contributed by atoms with Crippen LogP contribution in [0.3, 0.4) is 0 Å². The maximum Gasteiger partial charge on any atom is 0.472 e. The number of unbranched alkanes of at least 4 members (excludes halogenated alkanes) is 25. The molecule has 2 atom stereocenters. The van der Waals surface area contributed by atoms with Crippen molar-refractivity contribution >= 4 is 13.8 Å². The average molecular weight is 730 g/mol. The third-order valence-corrected chi connectivity index (χ3v) is 9.94. The fraction of sp³-hybridized carbons (Fsp3) is 0.878. The Kier molecular flexibility index (Phi) is 38.1. The third kappa shape index (κ3) is 38.1. The van der Waals surface area contributed by atoms with E-state index in [0.29, 0.717) is 6.42 Å². The molecule has 3 N–H and O–H groups in total. The van der Waals surface area contributed by atoms with Gasteiger partial charge in [0.15, 0.2) is 6.10 Å². The summed E-state index contributed by atoms with van der Waals surface area (Å²) in [5.41, 5.74) is 5.36. The van der Waals surface area contributed by atoms with E-state index < -0.39 is 13.9 Å². The van der Waals surface area contributed by atoms with Gasteiger partial charge < -0.3 is 20.1 Å². The molecule has 0 aliphatic carbocycles. The van der Waals surface area contributed by atoms with Crippen molar-refractivity contribution in [2.24, 2.45) is 5.73 Å². The monoisotopic (exact) mass is 730 g/mol. The van der Waals surface area contributed by atoms with Gasteiger partial charge in [-0.05, 0) is 51.0 Å². The second-order valence-corrected chi connectivity index (χ2v) is 15.4. The first-order chi connectivity index (χ1) is 24.4. The van der Waals surface area contributed by atoms with Gasteiger partial charge in [0, 0.05) is 13.0 Å². The van der Waals surface area contributed by atoms with Gasteiger partial charge in [-0.1, -0.05) is 161 Å². The zero-order valence-electron chi connectivity index (χ0n) is 32.6. The summed E-state index contributed by atoms with van der Waals surface area (Å²) in [6.45, 7) is 4.22. The standard InChI is InChI=1S/C41H80NO7P/c1-3-5-7-9-11-13-15-17-19-21-23-25-27-29-31-33-36-46-40(39-49-50(44,45)48-37-35-42)38-47-41(43)34-32-30-28-26-24-22-20-18-16-14-12-10-8-6-4-2/h14,16,33,36,40H,3-13,15,17-32,34-35,37-39,42H2,1-2H3,(H,44,45)/t40-/m1/s1. The van der Waals surface area contributed by atoms with E-state index in [4.69, 9.17) is 24.3 Å². The first-order valence-corrected chi connectivity index (χ1v) is 22.4. The number of hydrogen-bond donors (Lipinski definition) is 2. The molecule has 0 rings (SSSR count). The second kappa shape index (κ2) is 39.0. The first kappa shape index (κ1) is 48.8. The van der Waals surface area contributed by atoms with Gasteiger partial charge in [0.05, 0.1) is 19.5 Å². The molecule has 0 aliphatic rings. The Hall–Kier alpha value is -1.18. The number of carbonyl (C=O) groups excluding carboxylic acids is 1. The van der Waals surface area contributed by atoms with Crippen LogP contribution in [-0.4, -0.2) is 43.3 Å². The lowest BCUT2D eigenvalue weighted by molar-refractivity contribution is -0.147. The number of hydrogen-bond acceptors (Lipinski definition) is 7. The highest BCUT2D eigenvalue weighted by Gasteiger charge is 2.24. The van der Waals surface area contributed by atoms with E-state index in [1.165, 1.54) is 148 Å². The number of carbonyl (C=O) groups is 1. The molecule has 0 radical (unpaired) electrons. The summed E-state index contributed by atoms with van der Waals surface area (Å²) in [5.74, 6) is -0.293. The van der Waals surface area contributed by atoms with Crippen molar-refractivity contribution in [2.45, 2.75) is 206 Å². The van der Waals surface area contributed by atoms with Crippen LogP contribution in [0, 0.1) is 0 Å². The number of esters is 1. The lowest BCUT2D eigenvalue weighted by Gasteiger charge is -2.19. The van der Waals surface area contributed by atoms with Crippen molar-refractivity contribution in [3.63, 3.8) is 0 Å². The fourth-order valence-corrected chi connectivity index (χ4v) is 6.56. The van der Waals surface area contributed by atoms with E-state index in [9.17, 15) is 14.3 Å². The zero-order valence-corrected chi connectivity index (χ0v) is 33.5. The Bertz CT molecular complexity index is 823. The van der Waals surface area contributed by atoms with Gasteiger partial charge in [-0.15, -0.1) is 0 Å². The quantitative estimate of drug-likeness (QED) is 0.0210. The van der Waals surface area contributed by atoms with Crippen LogP contribution < -0.4 is 5.73 Å². The zero-order chi connectivity index (χ0) is 36.6. The molecule has 0 aromatic heterocycles. The van der Waals surface area contributed by atoms with Gasteiger partial charge in [-0.3, -0.25) is 13.8 Å². The Morgan fingerprint density at radius 1 is 0.600 bits per heavy atom. The van der Waals surface area contributed by atoms with Crippen molar-refractivity contribution in [3.8, 4) is 0 Å². The molecule has 0 amide bonds. The predicted molar refractivity (Wildman–Crippen MR) is 210 cm³/mol. The van der Waals surface area contributed by atoms with E-state index in [1.807, 2.05) is 6.08 Å². The van der Waals surface area contributed by atoms with Crippen LogP contribution in [0.15, 0.2) is 24.5 Å². The van der Waals surface area contributed by atoms with Crippen LogP contribution in [0.2, 0.25) is 0 Å². The molecule has 0 fully saturated rings. The lowest BCUT2D eigenvalue weighted by Crippen LogP contribution is -2.25. The molecule has 50 heavy (non-hydrogen) atoms. The van der Waals surface area contributed by atoms with E-state index in [-0.39, 0.29) is 32.3 Å². The number of rotatable bonds is 40. The average Bonchev–Trinajstić information content (AvgIpc) is 3.11. The summed E-state index contributed by atoms with van der Waals surface area (Å²) in [4.78, 5) is 22.2. The Morgan fingerprint density at radius 2 is 1.02 bits per heavy atom. The van der Waals surface area contributed by atoms with Crippen LogP contribution >= 0.6 is 7.82 Å². The van der Waals surface area contributed by atoms with Crippen LogP contribution in [0.5, 0.6) is 0 Å². The number of ether oxygens (including phenoxy) is 2. The van der Waals surface area contributed by atoms with Gasteiger partial charge in [0.1, 0.15) is 6.61 Å². The van der Waals surface area contributed by atoms with Gasteiger partial charge in [0.25, 0.3) is 0 Å². The van der Waals surface area contributed by atoms with E-state index in [1.54, 1.807) is 6.26 Å². The van der Waals surface area contributed by atoms with Gasteiger partial charge in [0.2, 0.25) is 0 Å². The first-order valence-electron chi connectivity index (χ1n) is 20.9. The molecule has 0 spiro atoms. The minimum atomic E-state index is -4.26. The normalized spacial score (nSPS) is 13.7. The van der Waals surface area contributed by atoms with Crippen molar-refractivity contribution in [1.29, 1.82) is 0 Å². The van der Waals surface area contributed by atoms with Crippen molar-refractivity contribution in [1.82, 2.24) is 0 Å². The van der Waals surface area contributed by atoms with Gasteiger partial charge in [-0.25, -0.2) is 4.57 Å². The molecule has 0 heterocycles. The minimum Gasteiger partial charge on any atom is -0.492 e. The molecule has 0 aromatic rings. The second-order valence-electron chi connectivity index (χ2n) is 13.9. The van der Waals surface area contributed by atoms with Gasteiger partial charge in [-0.2, -0.15) is 0 Å². The Balaban J connectivity index is 4.08. The van der Waals surface area contributed by atoms with Gasteiger partial charge >= 0.3 is 13.8 Å². The van der Waals surface area contributed by atoms with Crippen LogP contribution in [0.4, 0.5) is 0 Å². The van der Waals surface area contributed by atoms with E-state index >= 15 is 0 Å². The number of allylic oxidation sites excluding steroid dienone is 3. The van der Waals surface area contributed by atoms with Crippen molar-refractivity contribution in [2.75, 3.05) is 26.4 Å². The smallest absolute Gasteiger partial charge is 0.472 e. The number of phosphoric ester groups is 1. The summed E-state index contributed by atoms with van der Waals surface area (Å²) in [6, 6.07) is 0. The fourth-order valence-electron chi connectivity index (χ4n) is 5.80. The topological polar surface area (TPSA) is 117 Å². The molecular weight excluding hydrogens is 649 g/mol. The highest BCUT2D eigenvalue weighted by Crippen LogP contribution is 2.43. The maximum absolute atomic E-state index is 12.4. The molecule has 8 nitrogen and oxygen atoms in total. The lowest BCUT2D eigenvalue weighted by atomic mass is 10.0. The summed E-state index contributed by atoms with van der Waals surface area (Å²) in [5, 5.41) is 0. The summed E-state index contributed by atoms with van der Waals surface area (Å²) >= 11 is 0. The molecule has 296 valence electrons. The van der Waals surface area contributed by atoms with Crippen molar-refractivity contribution in [3.05, 3.63) is 24.5 Å². The molecule has 0 aliphatic heterocycles. The highest BCUT2D eigenvalue weighted by atomic mass is 31.2. The Labute approximate surface area is 308 Å². The van der Waals surface area contributed by atoms with E-state index in [0.717, 1.165) is 32.1 Å². The predicted octanol–water partition coefficient (Wildman–Crippen LogP) is 12.4. The Morgan fingerprint density at radius 3 is 1.50 bits per heavy atom. The summed E-state index contributed by atoms with van der Waals surface area (Å²) < 4.78 is 33.2. The van der Waals surface area contributed by atoms with E-state index in [2.05, 4.69) is 26.0 Å². The van der Waals surface area contributed by atoms with Crippen LogP contribution in [0.25, 0.3) is 0 Å². The largest absolute Gasteiger partial charge is 0.492 e. The highest BCUT2D eigenvalue weighted by molar-refractivity contribution is 7.47. The SMILES string of the molecule is CCCCCCC=CCCCCCCCCCC(=O)OC[C@H](COP(=O)(O)OCCN)OC=CCCCCCCCCCCCCCCCC. The summed E-state index contributed by atoms with van der Waals surface area (Å²) in [7, 11) is -4.26. The third-order valence-electron chi connectivity index (χ3n) is 8.96. The van der Waals surface area contributed by atoms with Crippen LogP contribution in [-0.2, 0) is 27.9 Å². The van der Waals surface area contributed by atoms with Crippen molar-refractivity contribution < 1.29 is 32.8 Å². The number of nitrogens with two attached hydrogens (primary N) is 1. The maximum atomic E-state index is 12.4. The van der Waals surface area contributed by atoms with Crippen LogP contribution in [0.1, 0.15) is 200 Å². The molecule has 0 bridgehead atoms. The summed E-state index contributed by atoms with van der Waals surface area (Å²) in [6.07, 6.45) is 42.9. The molecule has 0 aromatic carbocycles. The molecule has 9 heteroatoms.